The fraction of sp³-hybridized carbons (Fsp3) is 0.217. The second kappa shape index (κ2) is 9.22. The van der Waals surface area contributed by atoms with Crippen LogP contribution < -0.4 is 25.6 Å². The maximum Gasteiger partial charge on any atom is 0.248 e. The summed E-state index contributed by atoms with van der Waals surface area (Å²) in [5.74, 6) is -0.732. The van der Waals surface area contributed by atoms with Crippen molar-refractivity contribution in [1.82, 2.24) is 0 Å². The number of ketones is 1. The lowest BCUT2D eigenvalue weighted by Gasteiger charge is -2.20. The Morgan fingerprint density at radius 1 is 1.06 bits per heavy atom. The zero-order valence-corrected chi connectivity index (χ0v) is 18.0. The number of Topliss-reactive ketones (excluding diaryl/α,β-unsaturated/α-hetero) is 1. The molecule has 1 aliphatic heterocycles. The third kappa shape index (κ3) is 4.25. The van der Waals surface area contributed by atoms with Gasteiger partial charge in [0.05, 0.1) is 24.2 Å². The van der Waals surface area contributed by atoms with E-state index in [2.05, 4.69) is 5.32 Å². The highest BCUT2D eigenvalue weighted by atomic mass is 16.5. The number of carbonyl (C=O) groups excluding carboxylic acids is 3. The number of nitrogens with one attached hydrogen (secondary N) is 1. The monoisotopic (exact) mass is 433 g/mol. The van der Waals surface area contributed by atoms with Crippen LogP contribution in [0, 0.1) is 11.3 Å². The number of ether oxygens (including phenoxy) is 1. The van der Waals surface area contributed by atoms with Crippen LogP contribution in [0.1, 0.15) is 23.2 Å². The number of primary amides is 1. The van der Waals surface area contributed by atoms with E-state index in [9.17, 15) is 19.6 Å². The summed E-state index contributed by atoms with van der Waals surface area (Å²) in [6, 6.07) is 14.0. The van der Waals surface area contributed by atoms with Crippen molar-refractivity contribution in [2.45, 2.75) is 12.8 Å². The van der Waals surface area contributed by atoms with Gasteiger partial charge in [-0.05, 0) is 30.3 Å². The van der Waals surface area contributed by atoms with Crippen molar-refractivity contribution >= 4 is 34.7 Å². The molecule has 1 aliphatic rings. The van der Waals surface area contributed by atoms with Gasteiger partial charge in [0.2, 0.25) is 11.8 Å². The topological polar surface area (TPSA) is 129 Å². The number of para-hydroxylation sites is 2. The summed E-state index contributed by atoms with van der Waals surface area (Å²) in [7, 11) is 5.00. The molecule has 3 N–H and O–H groups in total. The molecule has 0 spiro atoms. The molecule has 0 saturated carbocycles. The highest BCUT2D eigenvalue weighted by Crippen LogP contribution is 2.40. The molecule has 9 nitrogen and oxygen atoms in total. The molecule has 1 heterocycles. The molecule has 0 fully saturated rings. The molecule has 32 heavy (non-hydrogen) atoms. The van der Waals surface area contributed by atoms with Gasteiger partial charge in [0, 0.05) is 32.5 Å². The molecule has 0 aliphatic carbocycles. The largest absolute Gasteiger partial charge is 0.495 e. The van der Waals surface area contributed by atoms with Gasteiger partial charge < -0.3 is 25.6 Å². The Labute approximate surface area is 185 Å². The highest BCUT2D eigenvalue weighted by Gasteiger charge is 2.31. The minimum Gasteiger partial charge on any atom is -0.495 e. The Hall–Kier alpha value is -4.32. The minimum absolute atomic E-state index is 0.0210. The van der Waals surface area contributed by atoms with Crippen LogP contribution in [-0.2, 0) is 9.59 Å². The van der Waals surface area contributed by atoms with Crippen LogP contribution in [0.2, 0.25) is 0 Å². The van der Waals surface area contributed by atoms with E-state index in [1.165, 1.54) is 25.3 Å². The third-order valence-corrected chi connectivity index (χ3v) is 5.19. The number of methoxy groups -OCH3 is 1. The van der Waals surface area contributed by atoms with E-state index < -0.39 is 17.6 Å². The number of hydrogen-bond donors (Lipinski definition) is 2. The molecule has 0 atom stereocenters. The van der Waals surface area contributed by atoms with E-state index >= 15 is 0 Å². The van der Waals surface area contributed by atoms with Crippen LogP contribution in [0.15, 0.2) is 53.9 Å². The molecule has 0 saturated heterocycles. The summed E-state index contributed by atoms with van der Waals surface area (Å²) in [5.41, 5.74) is 7.50. The molecule has 0 unspecified atom stereocenters. The Morgan fingerprint density at radius 2 is 1.69 bits per heavy atom. The number of rotatable bonds is 7. The zero-order chi connectivity index (χ0) is 23.4. The van der Waals surface area contributed by atoms with Gasteiger partial charge in [0.1, 0.15) is 23.2 Å². The van der Waals surface area contributed by atoms with E-state index in [-0.39, 0.29) is 29.7 Å². The number of allylic oxidation sites excluding steroid dienone is 1. The number of amides is 2. The average Bonchev–Trinajstić information content (AvgIpc) is 3.03. The van der Waals surface area contributed by atoms with Gasteiger partial charge in [0.15, 0.2) is 5.78 Å². The molecule has 0 aromatic heterocycles. The number of nitrogens with zero attached hydrogens (tertiary/aromatic N) is 3. The summed E-state index contributed by atoms with van der Waals surface area (Å²) < 4.78 is 5.19. The van der Waals surface area contributed by atoms with Crippen LogP contribution in [0.5, 0.6) is 5.75 Å². The van der Waals surface area contributed by atoms with Crippen molar-refractivity contribution in [3.63, 3.8) is 0 Å². The van der Waals surface area contributed by atoms with Crippen LogP contribution >= 0.6 is 0 Å². The van der Waals surface area contributed by atoms with Crippen molar-refractivity contribution in [2.24, 2.45) is 5.73 Å². The zero-order valence-electron chi connectivity index (χ0n) is 18.0. The van der Waals surface area contributed by atoms with E-state index in [4.69, 9.17) is 10.5 Å². The Bertz CT molecular complexity index is 1130. The van der Waals surface area contributed by atoms with Gasteiger partial charge in [-0.2, -0.15) is 5.26 Å². The molecular weight excluding hydrogens is 410 g/mol. The SMILES string of the molecule is COc1ccc(C(N)=O)cc1NC(=O)CCC(=O)C(C#N)=C1N(C)c2ccccc2N1C. The van der Waals surface area contributed by atoms with Gasteiger partial charge in [-0.1, -0.05) is 12.1 Å². The first-order valence-electron chi connectivity index (χ1n) is 9.80. The predicted molar refractivity (Wildman–Crippen MR) is 120 cm³/mol. The number of nitrogens with two attached hydrogens (primary N) is 1. The first kappa shape index (κ1) is 22.4. The van der Waals surface area contributed by atoms with Gasteiger partial charge in [-0.25, -0.2) is 0 Å². The summed E-state index contributed by atoms with van der Waals surface area (Å²) >= 11 is 0. The van der Waals surface area contributed by atoms with Gasteiger partial charge in [-0.15, -0.1) is 0 Å². The van der Waals surface area contributed by atoms with Gasteiger partial charge in [-0.3, -0.25) is 14.4 Å². The highest BCUT2D eigenvalue weighted by molar-refractivity contribution is 6.05. The van der Waals surface area contributed by atoms with Crippen molar-refractivity contribution in [3.05, 3.63) is 59.4 Å². The summed E-state index contributed by atoms with van der Waals surface area (Å²) in [6.07, 6.45) is -0.310. The van der Waals surface area contributed by atoms with Crippen molar-refractivity contribution in [2.75, 3.05) is 36.3 Å². The van der Waals surface area contributed by atoms with Crippen LogP contribution in [0.3, 0.4) is 0 Å². The number of fused-ring (bicyclic) bond motifs is 1. The number of hydrogen-bond acceptors (Lipinski definition) is 7. The molecule has 9 heteroatoms. The molecule has 2 amide bonds. The summed E-state index contributed by atoms with van der Waals surface area (Å²) in [6.45, 7) is 0. The number of benzene rings is 2. The van der Waals surface area contributed by atoms with Crippen molar-refractivity contribution in [3.8, 4) is 11.8 Å². The Kier molecular flexibility index (Phi) is 6.45. The lowest BCUT2D eigenvalue weighted by Crippen LogP contribution is -2.26. The van der Waals surface area contributed by atoms with Gasteiger partial charge in [0.25, 0.3) is 0 Å². The molecular formula is C23H23N5O4. The molecule has 0 radical (unpaired) electrons. The molecule has 3 rings (SSSR count). The first-order chi connectivity index (χ1) is 15.3. The van der Waals surface area contributed by atoms with E-state index in [1.807, 2.05) is 30.3 Å². The summed E-state index contributed by atoms with van der Waals surface area (Å²) in [4.78, 5) is 40.2. The van der Waals surface area contributed by atoms with Crippen LogP contribution in [-0.4, -0.2) is 38.8 Å². The lowest BCUT2D eigenvalue weighted by molar-refractivity contribution is -0.120. The quantitative estimate of drug-likeness (QED) is 0.507. The molecule has 2 aromatic carbocycles. The van der Waals surface area contributed by atoms with Gasteiger partial charge >= 0.3 is 0 Å². The first-order valence-corrected chi connectivity index (χ1v) is 9.80. The molecule has 164 valence electrons. The molecule has 2 aromatic rings. The molecule has 0 bridgehead atoms. The summed E-state index contributed by atoms with van der Waals surface area (Å²) in [5, 5.41) is 12.3. The van der Waals surface area contributed by atoms with Crippen molar-refractivity contribution in [1.29, 1.82) is 5.26 Å². The fourth-order valence-electron chi connectivity index (χ4n) is 3.58. The second-order valence-electron chi connectivity index (χ2n) is 7.17. The number of nitriles is 1. The number of carbonyl (C=O) groups is 3. The minimum atomic E-state index is -0.644. The van der Waals surface area contributed by atoms with E-state index in [1.54, 1.807) is 23.9 Å². The number of anilines is 3. The normalized spacial score (nSPS) is 12.1. The lowest BCUT2D eigenvalue weighted by atomic mass is 10.1. The van der Waals surface area contributed by atoms with Crippen LogP contribution in [0.4, 0.5) is 17.1 Å². The van der Waals surface area contributed by atoms with Crippen molar-refractivity contribution < 1.29 is 19.1 Å². The van der Waals surface area contributed by atoms with Crippen LogP contribution in [0.25, 0.3) is 0 Å². The predicted octanol–water partition coefficient (Wildman–Crippen LogP) is 2.40. The Morgan fingerprint density at radius 3 is 2.22 bits per heavy atom. The average molecular weight is 433 g/mol. The second-order valence-corrected chi connectivity index (χ2v) is 7.17. The van der Waals surface area contributed by atoms with E-state index in [0.717, 1.165) is 11.4 Å². The third-order valence-electron chi connectivity index (χ3n) is 5.19. The Balaban J connectivity index is 1.74. The van der Waals surface area contributed by atoms with E-state index in [0.29, 0.717) is 11.6 Å². The fourth-order valence-corrected chi connectivity index (χ4v) is 3.58. The maximum absolute atomic E-state index is 12.8. The smallest absolute Gasteiger partial charge is 0.248 e. The standard InChI is InChI=1S/C23H23N5O4/c1-27-17-6-4-5-7-18(17)28(2)23(27)15(13-24)19(29)9-11-21(30)26-16-12-14(22(25)31)8-10-20(16)32-3/h4-8,10,12H,9,11H2,1-3H3,(H2,25,31)(H,26,30). The maximum atomic E-state index is 12.8.